The Morgan fingerprint density at radius 3 is 2.87 bits per heavy atom. The molecule has 3 nitrogen and oxygen atoms in total. The highest BCUT2D eigenvalue weighted by Gasteiger charge is 1.99. The van der Waals surface area contributed by atoms with E-state index in [1.54, 1.807) is 18.2 Å². The lowest BCUT2D eigenvalue weighted by atomic mass is 10.1. The summed E-state index contributed by atoms with van der Waals surface area (Å²) in [6.45, 7) is 0. The number of carbonyl (C=O) groups is 1. The summed E-state index contributed by atoms with van der Waals surface area (Å²) in [6.07, 6.45) is 5.96. The van der Waals surface area contributed by atoms with Crippen molar-refractivity contribution in [2.24, 2.45) is 0 Å². The van der Waals surface area contributed by atoms with Gasteiger partial charge >= 0.3 is 0 Å². The zero-order chi connectivity index (χ0) is 11.1. The molecule has 0 atom stereocenters. The topological polar surface area (TPSA) is 46.5 Å². The maximum Gasteiger partial charge on any atom is 0.161 e. The Kier molecular flexibility index (Phi) is 4.41. The van der Waals surface area contributed by atoms with Crippen LogP contribution in [0.15, 0.2) is 24.3 Å². The van der Waals surface area contributed by atoms with Gasteiger partial charge in [0.25, 0.3) is 0 Å². The molecule has 0 amide bonds. The Bertz CT molecular complexity index is 356. The fourth-order valence-corrected chi connectivity index (χ4v) is 1.18. The Hall–Kier alpha value is -1.77. The molecule has 0 aromatic heterocycles. The number of methoxy groups -OCH3 is 1. The molecule has 0 aliphatic rings. The van der Waals surface area contributed by atoms with Gasteiger partial charge in [-0.3, -0.25) is 0 Å². The van der Waals surface area contributed by atoms with Crippen LogP contribution in [0, 0.1) is 0 Å². The van der Waals surface area contributed by atoms with Gasteiger partial charge in [0.2, 0.25) is 0 Å². The average Bonchev–Trinajstić information content (AvgIpc) is 2.26. The molecule has 3 heteroatoms. The summed E-state index contributed by atoms with van der Waals surface area (Å²) in [5, 5.41) is 9.35. The van der Waals surface area contributed by atoms with E-state index in [1.807, 2.05) is 12.2 Å². The number of allylic oxidation sites excluding steroid dienone is 1. The van der Waals surface area contributed by atoms with Gasteiger partial charge in [-0.2, -0.15) is 0 Å². The summed E-state index contributed by atoms with van der Waals surface area (Å²) in [7, 11) is 1.51. The van der Waals surface area contributed by atoms with Crippen LogP contribution in [0.4, 0.5) is 0 Å². The van der Waals surface area contributed by atoms with Crippen LogP contribution in [0.1, 0.15) is 18.4 Å². The highest BCUT2D eigenvalue weighted by Crippen LogP contribution is 2.26. The average molecular weight is 206 g/mol. The maximum atomic E-state index is 10.1. The largest absolute Gasteiger partial charge is 0.504 e. The molecule has 1 rings (SSSR count). The van der Waals surface area contributed by atoms with Crippen LogP contribution in [0.3, 0.4) is 0 Å². The molecule has 0 heterocycles. The predicted octanol–water partition coefficient (Wildman–Crippen LogP) is 2.39. The van der Waals surface area contributed by atoms with E-state index in [-0.39, 0.29) is 5.75 Å². The first kappa shape index (κ1) is 11.3. The highest BCUT2D eigenvalue weighted by molar-refractivity contribution is 5.56. The number of phenols is 1. The smallest absolute Gasteiger partial charge is 0.161 e. The van der Waals surface area contributed by atoms with Gasteiger partial charge in [0.1, 0.15) is 6.29 Å². The third kappa shape index (κ3) is 3.46. The Morgan fingerprint density at radius 2 is 2.20 bits per heavy atom. The van der Waals surface area contributed by atoms with Gasteiger partial charge in [-0.25, -0.2) is 0 Å². The fraction of sp³-hybridized carbons (Fsp3) is 0.250. The first-order valence-corrected chi connectivity index (χ1v) is 4.75. The van der Waals surface area contributed by atoms with E-state index in [0.717, 1.165) is 18.3 Å². The van der Waals surface area contributed by atoms with E-state index >= 15 is 0 Å². The first-order chi connectivity index (χ1) is 7.27. The molecule has 0 spiro atoms. The number of phenolic OH excluding ortho intramolecular Hbond substituents is 1. The quantitative estimate of drug-likeness (QED) is 0.594. The van der Waals surface area contributed by atoms with Crippen LogP contribution in [0.5, 0.6) is 11.5 Å². The number of hydrogen-bond acceptors (Lipinski definition) is 3. The molecule has 0 fully saturated rings. The van der Waals surface area contributed by atoms with E-state index in [2.05, 4.69) is 0 Å². The van der Waals surface area contributed by atoms with Crippen molar-refractivity contribution in [3.05, 3.63) is 29.8 Å². The number of hydrogen-bond donors (Lipinski definition) is 1. The van der Waals surface area contributed by atoms with E-state index in [1.165, 1.54) is 7.11 Å². The Labute approximate surface area is 89.0 Å². The van der Waals surface area contributed by atoms with Gasteiger partial charge in [-0.05, 0) is 24.1 Å². The number of aldehydes is 1. The second-order valence-corrected chi connectivity index (χ2v) is 3.08. The maximum absolute atomic E-state index is 10.1. The lowest BCUT2D eigenvalue weighted by Gasteiger charge is -2.03. The molecule has 0 aliphatic heterocycles. The highest BCUT2D eigenvalue weighted by atomic mass is 16.5. The van der Waals surface area contributed by atoms with Gasteiger partial charge in [0, 0.05) is 6.42 Å². The van der Waals surface area contributed by atoms with E-state index < -0.39 is 0 Å². The first-order valence-electron chi connectivity index (χ1n) is 4.75. The minimum Gasteiger partial charge on any atom is -0.504 e. The minimum absolute atomic E-state index is 0.127. The van der Waals surface area contributed by atoms with E-state index in [0.29, 0.717) is 12.2 Å². The second-order valence-electron chi connectivity index (χ2n) is 3.08. The van der Waals surface area contributed by atoms with Gasteiger partial charge in [-0.15, -0.1) is 0 Å². The molecular formula is C12H14O3. The monoisotopic (exact) mass is 206 g/mol. The summed E-state index contributed by atoms with van der Waals surface area (Å²) in [5.74, 6) is 0.579. The number of carbonyl (C=O) groups excluding carboxylic acids is 1. The molecule has 0 unspecified atom stereocenters. The van der Waals surface area contributed by atoms with Crippen molar-refractivity contribution in [1.82, 2.24) is 0 Å². The van der Waals surface area contributed by atoms with Crippen LogP contribution in [-0.4, -0.2) is 18.5 Å². The molecule has 15 heavy (non-hydrogen) atoms. The van der Waals surface area contributed by atoms with Crippen LogP contribution in [-0.2, 0) is 4.79 Å². The summed E-state index contributed by atoms with van der Waals surface area (Å²) in [5.41, 5.74) is 0.940. The number of ether oxygens (including phenoxy) is 1. The number of aromatic hydroxyl groups is 1. The molecule has 0 radical (unpaired) electrons. The molecule has 1 aromatic carbocycles. The Balaban J connectivity index is 2.69. The summed E-state index contributed by atoms with van der Waals surface area (Å²) < 4.78 is 4.97. The van der Waals surface area contributed by atoms with E-state index in [4.69, 9.17) is 4.74 Å². The van der Waals surface area contributed by atoms with Crippen molar-refractivity contribution < 1.29 is 14.6 Å². The van der Waals surface area contributed by atoms with Gasteiger partial charge in [0.15, 0.2) is 11.5 Å². The van der Waals surface area contributed by atoms with Crippen molar-refractivity contribution in [3.63, 3.8) is 0 Å². The molecule has 0 saturated heterocycles. The molecular weight excluding hydrogens is 192 g/mol. The van der Waals surface area contributed by atoms with Crippen molar-refractivity contribution in [1.29, 1.82) is 0 Å². The molecule has 0 saturated carbocycles. The van der Waals surface area contributed by atoms with Gasteiger partial charge < -0.3 is 14.6 Å². The zero-order valence-corrected chi connectivity index (χ0v) is 8.64. The van der Waals surface area contributed by atoms with E-state index in [9.17, 15) is 9.90 Å². The molecule has 0 bridgehead atoms. The Morgan fingerprint density at radius 1 is 1.40 bits per heavy atom. The SMILES string of the molecule is COc1cc(C=CCCC=O)ccc1O. The zero-order valence-electron chi connectivity index (χ0n) is 8.64. The molecule has 1 N–H and O–H groups in total. The predicted molar refractivity (Wildman–Crippen MR) is 59.0 cm³/mol. The second kappa shape index (κ2) is 5.86. The number of unbranched alkanes of at least 4 members (excludes halogenated alkanes) is 1. The van der Waals surface area contributed by atoms with Gasteiger partial charge in [0.05, 0.1) is 7.11 Å². The summed E-state index contributed by atoms with van der Waals surface area (Å²) in [4.78, 5) is 10.1. The normalized spacial score (nSPS) is 10.5. The number of benzene rings is 1. The third-order valence-electron chi connectivity index (χ3n) is 1.97. The van der Waals surface area contributed by atoms with Crippen LogP contribution < -0.4 is 4.74 Å². The van der Waals surface area contributed by atoms with Gasteiger partial charge in [-0.1, -0.05) is 18.2 Å². The molecule has 80 valence electrons. The number of rotatable bonds is 5. The lowest BCUT2D eigenvalue weighted by Crippen LogP contribution is -1.84. The third-order valence-corrected chi connectivity index (χ3v) is 1.97. The lowest BCUT2D eigenvalue weighted by molar-refractivity contribution is -0.107. The minimum atomic E-state index is 0.127. The molecule has 1 aromatic rings. The van der Waals surface area contributed by atoms with Crippen molar-refractivity contribution in [2.75, 3.05) is 7.11 Å². The van der Waals surface area contributed by atoms with Crippen molar-refractivity contribution >= 4 is 12.4 Å². The van der Waals surface area contributed by atoms with Crippen LogP contribution in [0.2, 0.25) is 0 Å². The van der Waals surface area contributed by atoms with Crippen LogP contribution in [0.25, 0.3) is 6.08 Å². The fourth-order valence-electron chi connectivity index (χ4n) is 1.18. The summed E-state index contributed by atoms with van der Waals surface area (Å²) in [6, 6.07) is 5.11. The van der Waals surface area contributed by atoms with Crippen molar-refractivity contribution in [2.45, 2.75) is 12.8 Å². The standard InChI is InChI=1S/C12H14O3/c1-15-12-9-10(6-7-11(12)14)5-3-2-4-8-13/h3,5-9,14H,2,4H2,1H3. The van der Waals surface area contributed by atoms with Crippen molar-refractivity contribution in [3.8, 4) is 11.5 Å². The van der Waals surface area contributed by atoms with Crippen LogP contribution >= 0.6 is 0 Å². The molecule has 0 aliphatic carbocycles. The summed E-state index contributed by atoms with van der Waals surface area (Å²) >= 11 is 0.